The molecule has 0 spiro atoms. The quantitative estimate of drug-likeness (QED) is 0.899. The lowest BCUT2D eigenvalue weighted by atomic mass is 9.96. The Hall–Kier alpha value is -1.94. The van der Waals surface area contributed by atoms with Crippen LogP contribution in [0.25, 0.3) is 0 Å². The zero-order valence-electron chi connectivity index (χ0n) is 12.4. The molecule has 2 rings (SSSR count). The summed E-state index contributed by atoms with van der Waals surface area (Å²) in [5, 5.41) is 3.29. The second kappa shape index (κ2) is 6.68. The first kappa shape index (κ1) is 15.4. The number of methoxy groups -OCH3 is 1. The van der Waals surface area contributed by atoms with Crippen molar-refractivity contribution in [2.24, 2.45) is 0 Å². The summed E-state index contributed by atoms with van der Waals surface area (Å²) in [5.74, 6) is -0.961. The topological polar surface area (TPSA) is 21.3 Å². The van der Waals surface area contributed by atoms with E-state index in [2.05, 4.69) is 5.32 Å². The number of aryl methyl sites for hydroxylation is 1. The molecule has 0 fully saturated rings. The highest BCUT2D eigenvalue weighted by molar-refractivity contribution is 5.44. The molecule has 0 heterocycles. The van der Waals surface area contributed by atoms with Crippen LogP contribution < -0.4 is 10.1 Å². The third-order valence-electron chi connectivity index (χ3n) is 3.39. The largest absolute Gasteiger partial charge is 0.496 e. The Balaban J connectivity index is 2.50. The normalized spacial score (nSPS) is 12.2. The molecule has 2 nitrogen and oxygen atoms in total. The zero-order chi connectivity index (χ0) is 15.4. The molecule has 1 unspecified atom stereocenters. The molecule has 0 aliphatic carbocycles. The SMILES string of the molecule is CCNC(c1ccc(F)c(F)c1)c1ccc(C)cc1OC. The maximum Gasteiger partial charge on any atom is 0.159 e. The standard InChI is InChI=1S/C17H19F2NO/c1-4-20-17(12-6-8-14(18)15(19)10-12)13-7-5-11(2)9-16(13)21-3/h5-10,17,20H,4H2,1-3H3. The number of ether oxygens (including phenoxy) is 1. The highest BCUT2D eigenvalue weighted by Crippen LogP contribution is 2.31. The van der Waals surface area contributed by atoms with Crippen LogP contribution in [0.2, 0.25) is 0 Å². The Labute approximate surface area is 123 Å². The van der Waals surface area contributed by atoms with E-state index in [4.69, 9.17) is 4.74 Å². The molecule has 21 heavy (non-hydrogen) atoms. The molecule has 0 aliphatic heterocycles. The summed E-state index contributed by atoms with van der Waals surface area (Å²) in [6.07, 6.45) is 0. The minimum atomic E-state index is -0.846. The summed E-state index contributed by atoms with van der Waals surface area (Å²) in [5.41, 5.74) is 2.64. The fourth-order valence-electron chi connectivity index (χ4n) is 2.36. The number of rotatable bonds is 5. The van der Waals surface area contributed by atoms with Gasteiger partial charge in [0.25, 0.3) is 0 Å². The molecular weight excluding hydrogens is 272 g/mol. The highest BCUT2D eigenvalue weighted by Gasteiger charge is 2.19. The van der Waals surface area contributed by atoms with Gasteiger partial charge < -0.3 is 10.1 Å². The third-order valence-corrected chi connectivity index (χ3v) is 3.39. The van der Waals surface area contributed by atoms with Gasteiger partial charge in [-0.25, -0.2) is 8.78 Å². The lowest BCUT2D eigenvalue weighted by Gasteiger charge is -2.22. The summed E-state index contributed by atoms with van der Waals surface area (Å²) in [7, 11) is 1.60. The summed E-state index contributed by atoms with van der Waals surface area (Å²) < 4.78 is 32.1. The van der Waals surface area contributed by atoms with Crippen molar-refractivity contribution in [3.8, 4) is 5.75 Å². The van der Waals surface area contributed by atoms with Gasteiger partial charge in [0.15, 0.2) is 11.6 Å². The highest BCUT2D eigenvalue weighted by atomic mass is 19.2. The second-order valence-corrected chi connectivity index (χ2v) is 4.91. The third kappa shape index (κ3) is 3.39. The lowest BCUT2D eigenvalue weighted by molar-refractivity contribution is 0.404. The molecular formula is C17H19F2NO. The first-order chi connectivity index (χ1) is 10.1. The van der Waals surface area contributed by atoms with Crippen LogP contribution in [0.4, 0.5) is 8.78 Å². The smallest absolute Gasteiger partial charge is 0.159 e. The van der Waals surface area contributed by atoms with Gasteiger partial charge in [-0.3, -0.25) is 0 Å². The van der Waals surface area contributed by atoms with Gasteiger partial charge >= 0.3 is 0 Å². The van der Waals surface area contributed by atoms with E-state index in [9.17, 15) is 8.78 Å². The lowest BCUT2D eigenvalue weighted by Crippen LogP contribution is -2.22. The second-order valence-electron chi connectivity index (χ2n) is 4.91. The van der Waals surface area contributed by atoms with E-state index in [1.807, 2.05) is 32.0 Å². The average Bonchev–Trinajstić information content (AvgIpc) is 2.48. The first-order valence-electron chi connectivity index (χ1n) is 6.89. The Bertz CT molecular complexity index is 628. The van der Waals surface area contributed by atoms with Crippen molar-refractivity contribution in [2.75, 3.05) is 13.7 Å². The zero-order valence-corrected chi connectivity index (χ0v) is 12.4. The summed E-state index contributed by atoms with van der Waals surface area (Å²) in [4.78, 5) is 0. The van der Waals surface area contributed by atoms with E-state index in [0.717, 1.165) is 22.9 Å². The summed E-state index contributed by atoms with van der Waals surface area (Å²) in [6.45, 7) is 4.64. The summed E-state index contributed by atoms with van der Waals surface area (Å²) >= 11 is 0. The Morgan fingerprint density at radius 2 is 1.86 bits per heavy atom. The fourth-order valence-corrected chi connectivity index (χ4v) is 2.36. The van der Waals surface area contributed by atoms with E-state index >= 15 is 0 Å². The van der Waals surface area contributed by atoms with Crippen LogP contribution >= 0.6 is 0 Å². The van der Waals surface area contributed by atoms with E-state index in [0.29, 0.717) is 12.1 Å². The molecule has 1 atom stereocenters. The molecule has 1 N–H and O–H groups in total. The maximum absolute atomic E-state index is 13.5. The molecule has 0 radical (unpaired) electrons. The van der Waals surface area contributed by atoms with Crippen molar-refractivity contribution < 1.29 is 13.5 Å². The molecule has 112 valence electrons. The van der Waals surface area contributed by atoms with Gasteiger partial charge in [0, 0.05) is 5.56 Å². The Morgan fingerprint density at radius 1 is 1.10 bits per heavy atom. The van der Waals surface area contributed by atoms with Crippen LogP contribution in [-0.4, -0.2) is 13.7 Å². The first-order valence-corrected chi connectivity index (χ1v) is 6.89. The van der Waals surface area contributed by atoms with Gasteiger partial charge in [-0.1, -0.05) is 25.1 Å². The van der Waals surface area contributed by atoms with Crippen LogP contribution in [0.1, 0.15) is 29.7 Å². The minimum Gasteiger partial charge on any atom is -0.496 e. The van der Waals surface area contributed by atoms with Crippen molar-refractivity contribution in [2.45, 2.75) is 19.9 Å². The molecule has 4 heteroatoms. The molecule has 0 aliphatic rings. The number of nitrogens with one attached hydrogen (secondary N) is 1. The number of halogens is 2. The van der Waals surface area contributed by atoms with Gasteiger partial charge in [0.05, 0.1) is 13.2 Å². The molecule has 0 amide bonds. The molecule has 0 saturated heterocycles. The predicted molar refractivity (Wildman–Crippen MR) is 79.6 cm³/mol. The summed E-state index contributed by atoms with van der Waals surface area (Å²) in [6, 6.07) is 9.56. The number of hydrogen-bond donors (Lipinski definition) is 1. The van der Waals surface area contributed by atoms with Crippen molar-refractivity contribution in [3.63, 3.8) is 0 Å². The van der Waals surface area contributed by atoms with Crippen molar-refractivity contribution in [1.29, 1.82) is 0 Å². The monoisotopic (exact) mass is 291 g/mol. The van der Waals surface area contributed by atoms with E-state index in [-0.39, 0.29) is 6.04 Å². The molecule has 2 aromatic carbocycles. The average molecular weight is 291 g/mol. The molecule has 0 bridgehead atoms. The Morgan fingerprint density at radius 3 is 2.48 bits per heavy atom. The van der Waals surface area contributed by atoms with Crippen LogP contribution in [0.15, 0.2) is 36.4 Å². The van der Waals surface area contributed by atoms with Crippen LogP contribution in [0, 0.1) is 18.6 Å². The van der Waals surface area contributed by atoms with Gasteiger partial charge in [-0.2, -0.15) is 0 Å². The number of benzene rings is 2. The van der Waals surface area contributed by atoms with Crippen LogP contribution in [-0.2, 0) is 0 Å². The fraction of sp³-hybridized carbons (Fsp3) is 0.294. The molecule has 0 aromatic heterocycles. The van der Waals surface area contributed by atoms with E-state index in [1.165, 1.54) is 6.07 Å². The van der Waals surface area contributed by atoms with E-state index < -0.39 is 11.6 Å². The van der Waals surface area contributed by atoms with Gasteiger partial charge in [0.2, 0.25) is 0 Å². The predicted octanol–water partition coefficient (Wildman–Crippen LogP) is 3.98. The maximum atomic E-state index is 13.5. The van der Waals surface area contributed by atoms with Gasteiger partial charge in [0.1, 0.15) is 5.75 Å². The van der Waals surface area contributed by atoms with Crippen molar-refractivity contribution in [3.05, 3.63) is 64.7 Å². The molecule has 2 aromatic rings. The van der Waals surface area contributed by atoms with Crippen LogP contribution in [0.5, 0.6) is 5.75 Å². The van der Waals surface area contributed by atoms with Gasteiger partial charge in [-0.05, 0) is 42.8 Å². The van der Waals surface area contributed by atoms with Crippen molar-refractivity contribution in [1.82, 2.24) is 5.32 Å². The van der Waals surface area contributed by atoms with E-state index in [1.54, 1.807) is 13.2 Å². The molecule has 0 saturated carbocycles. The van der Waals surface area contributed by atoms with Crippen LogP contribution in [0.3, 0.4) is 0 Å². The Kier molecular flexibility index (Phi) is 4.91. The van der Waals surface area contributed by atoms with Gasteiger partial charge in [-0.15, -0.1) is 0 Å². The number of hydrogen-bond acceptors (Lipinski definition) is 2. The van der Waals surface area contributed by atoms with Crippen molar-refractivity contribution >= 4 is 0 Å². The minimum absolute atomic E-state index is 0.249.